The molecule has 2 aromatic carbocycles. The maximum Gasteiger partial charge on any atom is 1.00 e. The van der Waals surface area contributed by atoms with E-state index in [4.69, 9.17) is 0 Å². The summed E-state index contributed by atoms with van der Waals surface area (Å²) in [4.78, 5) is 2.85. The zero-order chi connectivity index (χ0) is 24.0. The molecular weight excluding hydrogens is 541 g/mol. The molecule has 0 N–H and O–H groups in total. The average molecular weight is 559 g/mol. The summed E-state index contributed by atoms with van der Waals surface area (Å²) in [5.74, 6) is -0.793. The Morgan fingerprint density at radius 2 is 1.09 bits per heavy atom. The first-order valence-corrected chi connectivity index (χ1v) is 11.0. The first-order valence-electron chi connectivity index (χ1n) is 8.31. The third-order valence-electron chi connectivity index (χ3n) is 3.80. The van der Waals surface area contributed by atoms with Crippen molar-refractivity contribution in [2.45, 2.75) is 12.4 Å². The van der Waals surface area contributed by atoms with Crippen LogP contribution in [0.5, 0.6) is 0 Å². The van der Waals surface area contributed by atoms with Crippen LogP contribution in [0.4, 0.5) is 37.7 Å². The molecule has 0 spiro atoms. The monoisotopic (exact) mass is 558 g/mol. The normalized spacial score (nSPS) is 11.7. The summed E-state index contributed by atoms with van der Waals surface area (Å²) in [6.45, 7) is 0. The molecule has 0 bridgehead atoms. The van der Waals surface area contributed by atoms with Gasteiger partial charge in [0, 0.05) is 25.5 Å². The van der Waals surface area contributed by atoms with E-state index in [1.54, 1.807) is 11.9 Å². The van der Waals surface area contributed by atoms with Crippen LogP contribution in [0, 0.1) is 0 Å². The number of rotatable bonds is 5. The largest absolute Gasteiger partial charge is 1.00 e. The van der Waals surface area contributed by atoms with Crippen molar-refractivity contribution in [2.24, 2.45) is 0 Å². The minimum atomic E-state index is -4.46. The third kappa shape index (κ3) is 10.8. The second kappa shape index (κ2) is 12.5. The molecule has 0 saturated heterocycles. The fraction of sp³-hybridized carbons (Fsp3) is 0.333. The van der Waals surface area contributed by atoms with Crippen LogP contribution in [0.25, 0.3) is 0 Å². The van der Waals surface area contributed by atoms with Crippen molar-refractivity contribution >= 4 is 37.4 Å². The summed E-state index contributed by atoms with van der Waals surface area (Å²) >= 11 is 3.21. The van der Waals surface area contributed by atoms with Crippen molar-refractivity contribution < 1.29 is 68.9 Å². The second-order valence-electron chi connectivity index (χ2n) is 6.29. The SMILES string of the molecule is CN(CBr)c1ccc(C(F)(F)F)cc1.CN(CS(=O)(=O)[O-])c1ccc(C(F)(F)F)cc1.[Na+]. The molecule has 0 saturated carbocycles. The number of halogens is 7. The van der Waals surface area contributed by atoms with Crippen molar-refractivity contribution in [3.63, 3.8) is 0 Å². The molecule has 0 aliphatic carbocycles. The van der Waals surface area contributed by atoms with E-state index in [1.165, 1.54) is 19.2 Å². The fourth-order valence-electron chi connectivity index (χ4n) is 2.19. The summed E-state index contributed by atoms with van der Waals surface area (Å²) in [5, 5.41) is 0. The number of nitrogens with zero attached hydrogens (tertiary/aromatic N) is 2. The van der Waals surface area contributed by atoms with E-state index in [0.29, 0.717) is 5.45 Å². The second-order valence-corrected chi connectivity index (χ2v) is 8.17. The van der Waals surface area contributed by atoms with E-state index >= 15 is 0 Å². The van der Waals surface area contributed by atoms with Gasteiger partial charge >= 0.3 is 41.9 Å². The molecule has 0 radical (unpaired) electrons. The van der Waals surface area contributed by atoms with Gasteiger partial charge in [0.2, 0.25) is 0 Å². The summed E-state index contributed by atoms with van der Waals surface area (Å²) in [6.07, 6.45) is -8.70. The predicted molar refractivity (Wildman–Crippen MR) is 108 cm³/mol. The molecule has 0 aromatic heterocycles. The van der Waals surface area contributed by atoms with Gasteiger partial charge in [0.1, 0.15) is 16.0 Å². The molecule has 0 aliphatic heterocycles. The third-order valence-corrected chi connectivity index (χ3v) is 5.26. The smallest absolute Gasteiger partial charge is 0.747 e. The Morgan fingerprint density at radius 3 is 1.34 bits per heavy atom. The topological polar surface area (TPSA) is 63.7 Å². The molecule has 14 heteroatoms. The van der Waals surface area contributed by atoms with Gasteiger partial charge in [-0.15, -0.1) is 0 Å². The van der Waals surface area contributed by atoms with Crippen molar-refractivity contribution in [1.82, 2.24) is 0 Å². The Labute approximate surface area is 212 Å². The Hall–Kier alpha value is -0.990. The van der Waals surface area contributed by atoms with Gasteiger partial charge in [0.25, 0.3) is 0 Å². The zero-order valence-corrected chi connectivity index (χ0v) is 21.6. The van der Waals surface area contributed by atoms with E-state index < -0.39 is 39.5 Å². The first kappa shape index (κ1) is 31.0. The van der Waals surface area contributed by atoms with Crippen LogP contribution >= 0.6 is 15.9 Å². The molecule has 174 valence electrons. The number of alkyl halides is 7. The van der Waals surface area contributed by atoms with E-state index in [1.807, 2.05) is 0 Å². The van der Waals surface area contributed by atoms with Gasteiger partial charge in [-0.2, -0.15) is 26.3 Å². The Balaban J connectivity index is 0.000000592. The van der Waals surface area contributed by atoms with Crippen molar-refractivity contribution in [2.75, 3.05) is 35.2 Å². The molecule has 0 fully saturated rings. The Morgan fingerprint density at radius 1 is 0.781 bits per heavy atom. The first-order chi connectivity index (χ1) is 14.0. The van der Waals surface area contributed by atoms with E-state index in [-0.39, 0.29) is 35.2 Å². The van der Waals surface area contributed by atoms with Crippen molar-refractivity contribution in [3.05, 3.63) is 59.7 Å². The van der Waals surface area contributed by atoms with Gasteiger partial charge in [-0.05, 0) is 48.5 Å². The van der Waals surface area contributed by atoms with Gasteiger partial charge in [-0.25, -0.2) is 8.42 Å². The molecule has 2 rings (SSSR count). The van der Waals surface area contributed by atoms with Gasteiger partial charge in [-0.1, -0.05) is 15.9 Å². The molecule has 0 heterocycles. The Bertz CT molecular complexity index is 939. The zero-order valence-electron chi connectivity index (χ0n) is 17.2. The van der Waals surface area contributed by atoms with E-state index in [9.17, 15) is 39.3 Å². The number of anilines is 2. The fourth-order valence-corrected chi connectivity index (χ4v) is 3.10. The average Bonchev–Trinajstić information content (AvgIpc) is 2.65. The summed E-state index contributed by atoms with van der Waals surface area (Å²) < 4.78 is 105. The van der Waals surface area contributed by atoms with E-state index in [0.717, 1.165) is 47.0 Å². The van der Waals surface area contributed by atoms with Crippen LogP contribution in [-0.2, 0) is 22.5 Å². The molecule has 0 amide bonds. The van der Waals surface area contributed by atoms with Crippen LogP contribution in [0.1, 0.15) is 11.1 Å². The number of hydrogen-bond donors (Lipinski definition) is 0. The quantitative estimate of drug-likeness (QED) is 0.185. The van der Waals surface area contributed by atoms with Crippen LogP contribution in [0.15, 0.2) is 48.5 Å². The van der Waals surface area contributed by atoms with Crippen molar-refractivity contribution in [1.29, 1.82) is 0 Å². The van der Waals surface area contributed by atoms with Crippen LogP contribution in [0.2, 0.25) is 0 Å². The molecule has 0 atom stereocenters. The number of benzene rings is 2. The van der Waals surface area contributed by atoms with Crippen LogP contribution in [-0.4, -0.2) is 38.4 Å². The van der Waals surface area contributed by atoms with E-state index in [2.05, 4.69) is 15.9 Å². The molecule has 2 aromatic rings. The van der Waals surface area contributed by atoms with Gasteiger partial charge < -0.3 is 14.4 Å². The minimum Gasteiger partial charge on any atom is -0.747 e. The minimum absolute atomic E-state index is 0. The molecular formula is C18H18BrF6N2NaO3S. The summed E-state index contributed by atoms with van der Waals surface area (Å²) in [6, 6.07) is 8.91. The molecule has 32 heavy (non-hydrogen) atoms. The van der Waals surface area contributed by atoms with Gasteiger partial charge in [0.15, 0.2) is 0 Å². The maximum absolute atomic E-state index is 12.2. The predicted octanol–water partition coefficient (Wildman–Crippen LogP) is 2.14. The number of hydrogen-bond acceptors (Lipinski definition) is 5. The maximum atomic E-state index is 12.2. The van der Waals surface area contributed by atoms with Crippen molar-refractivity contribution in [3.8, 4) is 0 Å². The Kier molecular flexibility index (Phi) is 12.1. The van der Waals surface area contributed by atoms with Crippen LogP contribution < -0.4 is 39.4 Å². The summed E-state index contributed by atoms with van der Waals surface area (Å²) in [5.41, 5.74) is 0.0920. The summed E-state index contributed by atoms with van der Waals surface area (Å²) in [7, 11) is -1.36. The molecule has 0 unspecified atom stereocenters. The molecule has 0 aliphatic rings. The molecule has 5 nitrogen and oxygen atoms in total. The van der Waals surface area contributed by atoms with Crippen LogP contribution in [0.3, 0.4) is 0 Å². The standard InChI is InChI=1S/C9H9BrF3N.C9H10F3NO3S.Na/c1-14(6-10)8-4-2-7(3-5-8)9(11,12)13;1-13(6-17(14,15)16)8-4-2-7(3-5-8)9(10,11)12;/h2-5H,6H2,1H3;2-5H,6H2,1H3,(H,14,15,16);/q;;+1/p-1. The van der Waals surface area contributed by atoms with Gasteiger partial charge in [-0.3, -0.25) is 0 Å². The van der Waals surface area contributed by atoms with Gasteiger partial charge in [0.05, 0.1) is 16.6 Å².